The van der Waals surface area contributed by atoms with E-state index in [0.29, 0.717) is 12.8 Å². The van der Waals surface area contributed by atoms with Crippen LogP contribution in [0.2, 0.25) is 0 Å². The Hall–Kier alpha value is -2.07. The van der Waals surface area contributed by atoms with Crippen LogP contribution < -0.4 is 0 Å². The summed E-state index contributed by atoms with van der Waals surface area (Å²) in [6.45, 7) is 3.01. The Bertz CT molecular complexity index is 680. The molecule has 0 aliphatic heterocycles. The highest BCUT2D eigenvalue weighted by molar-refractivity contribution is 8.15. The number of carboxylic acids is 1. The number of carbonyl (C=O) groups is 2. The molecule has 0 fully saturated rings. The zero-order valence-electron chi connectivity index (χ0n) is 13.3. The Morgan fingerprint density at radius 1 is 1.00 bits per heavy atom. The van der Waals surface area contributed by atoms with Gasteiger partial charge in [0, 0.05) is 6.92 Å². The average Bonchev–Trinajstić information content (AvgIpc) is 2.53. The van der Waals surface area contributed by atoms with Gasteiger partial charge in [0.05, 0.1) is 0 Å². The molecule has 4 heteroatoms. The molecule has 0 amide bonds. The van der Waals surface area contributed by atoms with Gasteiger partial charge in [-0.2, -0.15) is 0 Å². The maximum atomic E-state index is 11.4. The molecule has 0 aliphatic rings. The number of aliphatic carboxylic acids is 1. The molecule has 2 aromatic carbocycles. The normalized spacial score (nSPS) is 13.3. The Morgan fingerprint density at radius 3 is 2.09 bits per heavy atom. The van der Waals surface area contributed by atoms with Crippen LogP contribution in [-0.2, 0) is 16.0 Å². The third kappa shape index (κ3) is 4.70. The van der Waals surface area contributed by atoms with Crippen molar-refractivity contribution in [2.45, 2.75) is 31.4 Å². The van der Waals surface area contributed by atoms with E-state index in [9.17, 15) is 14.7 Å². The van der Waals surface area contributed by atoms with E-state index in [1.165, 1.54) is 6.92 Å². The minimum absolute atomic E-state index is 0.172. The molecule has 1 unspecified atom stereocenters. The molecule has 0 radical (unpaired) electrons. The van der Waals surface area contributed by atoms with E-state index in [1.807, 2.05) is 42.5 Å². The second kappa shape index (κ2) is 7.47. The zero-order chi connectivity index (χ0) is 16.9. The van der Waals surface area contributed by atoms with Crippen molar-refractivity contribution in [1.29, 1.82) is 0 Å². The van der Waals surface area contributed by atoms with E-state index >= 15 is 0 Å². The Morgan fingerprint density at radius 2 is 1.57 bits per heavy atom. The highest BCUT2D eigenvalue weighted by Crippen LogP contribution is 2.31. The summed E-state index contributed by atoms with van der Waals surface area (Å²) in [5.41, 5.74) is 3.36. The number of thioether (sulfide) groups is 1. The molecule has 0 saturated heterocycles. The summed E-state index contributed by atoms with van der Waals surface area (Å²) in [7, 11) is 0. The Balaban J connectivity index is 2.06. The van der Waals surface area contributed by atoms with Gasteiger partial charge in [-0.15, -0.1) is 0 Å². The molecule has 1 N–H and O–H groups in total. The van der Waals surface area contributed by atoms with E-state index < -0.39 is 10.7 Å². The number of hydrogen-bond donors (Lipinski definition) is 1. The van der Waals surface area contributed by atoms with Gasteiger partial charge < -0.3 is 5.11 Å². The van der Waals surface area contributed by atoms with E-state index in [4.69, 9.17) is 0 Å². The molecule has 0 saturated carbocycles. The molecule has 0 bridgehead atoms. The van der Waals surface area contributed by atoms with E-state index in [0.717, 1.165) is 28.5 Å². The van der Waals surface area contributed by atoms with Crippen molar-refractivity contribution in [2.75, 3.05) is 0 Å². The van der Waals surface area contributed by atoms with Gasteiger partial charge in [-0.1, -0.05) is 66.4 Å². The van der Waals surface area contributed by atoms with Gasteiger partial charge >= 0.3 is 5.97 Å². The quantitative estimate of drug-likeness (QED) is 0.853. The number of carbonyl (C=O) groups excluding carboxylic acids is 1. The van der Waals surface area contributed by atoms with E-state index in [1.54, 1.807) is 6.92 Å². The first-order chi connectivity index (χ1) is 10.9. The van der Waals surface area contributed by atoms with Crippen molar-refractivity contribution in [3.8, 4) is 11.1 Å². The lowest BCUT2D eigenvalue weighted by molar-refractivity contribution is -0.139. The summed E-state index contributed by atoms with van der Waals surface area (Å²) >= 11 is 0.891. The average molecular weight is 328 g/mol. The van der Waals surface area contributed by atoms with Crippen LogP contribution in [0, 0.1) is 0 Å². The van der Waals surface area contributed by atoms with Crippen LogP contribution in [0.4, 0.5) is 0 Å². The summed E-state index contributed by atoms with van der Waals surface area (Å²) in [4.78, 5) is 22.7. The number of hydrogen-bond acceptors (Lipinski definition) is 3. The first-order valence-corrected chi connectivity index (χ1v) is 8.30. The van der Waals surface area contributed by atoms with Gasteiger partial charge in [0.1, 0.15) is 4.75 Å². The molecule has 0 aromatic heterocycles. The third-order valence-electron chi connectivity index (χ3n) is 3.77. The molecule has 0 heterocycles. The monoisotopic (exact) mass is 328 g/mol. The molecule has 1 atom stereocenters. The van der Waals surface area contributed by atoms with Gasteiger partial charge in [0.15, 0.2) is 5.12 Å². The first-order valence-electron chi connectivity index (χ1n) is 7.48. The molecule has 2 rings (SSSR count). The molecule has 0 aliphatic carbocycles. The molecule has 120 valence electrons. The topological polar surface area (TPSA) is 54.4 Å². The summed E-state index contributed by atoms with van der Waals surface area (Å²) in [5, 5.41) is 9.21. The Labute approximate surface area is 140 Å². The summed E-state index contributed by atoms with van der Waals surface area (Å²) in [6.07, 6.45) is 1.04. The predicted octanol–water partition coefficient (Wildman–Crippen LogP) is 4.41. The van der Waals surface area contributed by atoms with Gasteiger partial charge in [0.2, 0.25) is 0 Å². The van der Waals surface area contributed by atoms with Crippen molar-refractivity contribution in [3.05, 3.63) is 60.2 Å². The maximum absolute atomic E-state index is 11.4. The molecular weight excluding hydrogens is 308 g/mol. The smallest absolute Gasteiger partial charge is 0.319 e. The first kappa shape index (κ1) is 17.3. The summed E-state index contributed by atoms with van der Waals surface area (Å²) < 4.78 is -1.08. The van der Waals surface area contributed by atoms with Gasteiger partial charge in [-0.3, -0.25) is 9.59 Å². The van der Waals surface area contributed by atoms with E-state index in [-0.39, 0.29) is 5.12 Å². The largest absolute Gasteiger partial charge is 0.480 e. The van der Waals surface area contributed by atoms with Crippen molar-refractivity contribution in [2.24, 2.45) is 0 Å². The van der Waals surface area contributed by atoms with Gasteiger partial charge in [-0.25, -0.2) is 0 Å². The summed E-state index contributed by atoms with van der Waals surface area (Å²) in [6, 6.07) is 18.2. The van der Waals surface area contributed by atoms with Crippen LogP contribution in [-0.4, -0.2) is 20.9 Å². The maximum Gasteiger partial charge on any atom is 0.319 e. The molecule has 23 heavy (non-hydrogen) atoms. The minimum atomic E-state index is -1.08. The number of carboxylic acid groups (broad SMARTS) is 1. The van der Waals surface area contributed by atoms with Gasteiger partial charge in [-0.05, 0) is 36.5 Å². The fourth-order valence-electron chi connectivity index (χ4n) is 2.40. The van der Waals surface area contributed by atoms with Crippen LogP contribution >= 0.6 is 11.8 Å². The van der Waals surface area contributed by atoms with Gasteiger partial charge in [0.25, 0.3) is 0 Å². The lowest BCUT2D eigenvalue weighted by Crippen LogP contribution is -2.33. The van der Waals surface area contributed by atoms with E-state index in [2.05, 4.69) is 12.1 Å². The lowest BCUT2D eigenvalue weighted by Gasteiger charge is -2.22. The van der Waals surface area contributed by atoms with Crippen molar-refractivity contribution < 1.29 is 14.7 Å². The third-order valence-corrected chi connectivity index (χ3v) is 4.89. The second-order valence-electron chi connectivity index (χ2n) is 5.69. The van der Waals surface area contributed by atoms with Crippen molar-refractivity contribution in [3.63, 3.8) is 0 Å². The summed E-state index contributed by atoms with van der Waals surface area (Å²) in [5.74, 6) is -0.946. The van der Waals surface area contributed by atoms with Crippen LogP contribution in [0.3, 0.4) is 0 Å². The number of rotatable bonds is 6. The van der Waals surface area contributed by atoms with Crippen molar-refractivity contribution >= 4 is 22.8 Å². The lowest BCUT2D eigenvalue weighted by atomic mass is 9.98. The van der Waals surface area contributed by atoms with Crippen molar-refractivity contribution in [1.82, 2.24) is 0 Å². The fraction of sp³-hybridized carbons (Fsp3) is 0.263. The van der Waals surface area contributed by atoms with Crippen LogP contribution in [0.5, 0.6) is 0 Å². The SMILES string of the molecule is CC(=O)SC(C)(CCc1ccc(-c2ccccc2)cc1)C(=O)O. The van der Waals surface area contributed by atoms with Crippen LogP contribution in [0.25, 0.3) is 11.1 Å². The molecular formula is C19H20O3S. The van der Waals surface area contributed by atoms with Crippen LogP contribution in [0.15, 0.2) is 54.6 Å². The zero-order valence-corrected chi connectivity index (χ0v) is 14.1. The number of aryl methyl sites for hydroxylation is 1. The van der Waals surface area contributed by atoms with Crippen LogP contribution in [0.1, 0.15) is 25.8 Å². The fourth-order valence-corrected chi connectivity index (χ4v) is 3.32. The molecule has 2 aromatic rings. The highest BCUT2D eigenvalue weighted by atomic mass is 32.2. The highest BCUT2D eigenvalue weighted by Gasteiger charge is 2.35. The second-order valence-corrected chi connectivity index (χ2v) is 7.37. The molecule has 0 spiro atoms. The minimum Gasteiger partial charge on any atom is -0.480 e. The predicted molar refractivity (Wildman–Crippen MR) is 94.5 cm³/mol. The molecule has 3 nitrogen and oxygen atoms in total. The standard InChI is InChI=1S/C19H20O3S/c1-14(20)23-19(2,18(21)22)13-12-15-8-10-17(11-9-15)16-6-4-3-5-7-16/h3-11H,12-13H2,1-2H3,(H,21,22). The Kier molecular flexibility index (Phi) is 5.61. The number of benzene rings is 2.